The number of ether oxygens (including phenoxy) is 3. The van der Waals surface area contributed by atoms with Crippen molar-refractivity contribution in [3.63, 3.8) is 0 Å². The van der Waals surface area contributed by atoms with Crippen molar-refractivity contribution in [1.29, 1.82) is 0 Å². The van der Waals surface area contributed by atoms with Crippen LogP contribution < -0.4 is 0 Å². The van der Waals surface area contributed by atoms with Gasteiger partial charge in [-0.3, -0.25) is 14.4 Å². The number of unbranched alkanes of at least 4 members (excludes halogenated alkanes) is 30. The van der Waals surface area contributed by atoms with Gasteiger partial charge in [-0.25, -0.2) is 0 Å². The zero-order chi connectivity index (χ0) is 49.3. The Kier molecular flexibility index (Phi) is 53.4. The molecule has 0 spiro atoms. The highest BCUT2D eigenvalue weighted by molar-refractivity contribution is 5.71. The van der Waals surface area contributed by atoms with Gasteiger partial charge in [-0.15, -0.1) is 0 Å². The Labute approximate surface area is 420 Å². The highest BCUT2D eigenvalue weighted by Gasteiger charge is 2.19. The van der Waals surface area contributed by atoms with Gasteiger partial charge in [0.25, 0.3) is 0 Å². The van der Waals surface area contributed by atoms with Crippen molar-refractivity contribution in [2.75, 3.05) is 13.2 Å². The van der Waals surface area contributed by atoms with Crippen LogP contribution in [0.3, 0.4) is 0 Å². The molecule has 6 nitrogen and oxygen atoms in total. The smallest absolute Gasteiger partial charge is 0.306 e. The van der Waals surface area contributed by atoms with E-state index in [0.717, 1.165) is 89.9 Å². The van der Waals surface area contributed by atoms with Gasteiger partial charge >= 0.3 is 17.9 Å². The van der Waals surface area contributed by atoms with E-state index >= 15 is 0 Å². The highest BCUT2D eigenvalue weighted by Crippen LogP contribution is 2.15. The highest BCUT2D eigenvalue weighted by atomic mass is 16.6. The summed E-state index contributed by atoms with van der Waals surface area (Å²) in [5, 5.41) is 0. The van der Waals surface area contributed by atoms with Gasteiger partial charge < -0.3 is 14.2 Å². The quantitative estimate of drug-likeness (QED) is 0.0199. The minimum absolute atomic E-state index is 0.0979. The van der Waals surface area contributed by atoms with Crippen molar-refractivity contribution >= 4 is 17.9 Å². The number of carbonyl (C=O) groups is 3. The van der Waals surface area contributed by atoms with Gasteiger partial charge in [0.15, 0.2) is 6.10 Å². The first-order valence-corrected chi connectivity index (χ1v) is 28.7. The van der Waals surface area contributed by atoms with E-state index in [0.29, 0.717) is 19.3 Å². The van der Waals surface area contributed by atoms with E-state index in [9.17, 15) is 14.4 Å². The van der Waals surface area contributed by atoms with Gasteiger partial charge in [-0.2, -0.15) is 0 Å². The van der Waals surface area contributed by atoms with Crippen LogP contribution in [-0.4, -0.2) is 37.2 Å². The van der Waals surface area contributed by atoms with Crippen molar-refractivity contribution in [3.05, 3.63) is 85.1 Å². The molecule has 0 N–H and O–H groups in total. The Bertz CT molecular complexity index is 1320. The van der Waals surface area contributed by atoms with E-state index in [1.165, 1.54) is 141 Å². The second-order valence-corrected chi connectivity index (χ2v) is 18.9. The van der Waals surface area contributed by atoms with Crippen LogP contribution in [0.4, 0.5) is 0 Å². The Morgan fingerprint density at radius 3 is 0.971 bits per heavy atom. The molecule has 0 aromatic carbocycles. The predicted molar refractivity (Wildman–Crippen MR) is 293 cm³/mol. The molecule has 68 heavy (non-hydrogen) atoms. The van der Waals surface area contributed by atoms with Crippen molar-refractivity contribution < 1.29 is 28.6 Å². The summed E-state index contributed by atoms with van der Waals surface area (Å²) in [5.74, 6) is -0.953. The maximum Gasteiger partial charge on any atom is 0.306 e. The lowest BCUT2D eigenvalue weighted by molar-refractivity contribution is -0.167. The van der Waals surface area contributed by atoms with E-state index in [-0.39, 0.29) is 31.1 Å². The second kappa shape index (κ2) is 56.2. The van der Waals surface area contributed by atoms with Gasteiger partial charge in [-0.05, 0) is 89.9 Å². The van der Waals surface area contributed by atoms with E-state index in [1.54, 1.807) is 0 Å². The summed E-state index contributed by atoms with van der Waals surface area (Å²) in [4.78, 5) is 38.1. The maximum absolute atomic E-state index is 12.8. The second-order valence-electron chi connectivity index (χ2n) is 18.9. The van der Waals surface area contributed by atoms with Crippen LogP contribution in [-0.2, 0) is 28.6 Å². The lowest BCUT2D eigenvalue weighted by Gasteiger charge is -2.18. The molecule has 0 aliphatic heterocycles. The number of carbonyl (C=O) groups excluding carboxylic acids is 3. The summed E-state index contributed by atoms with van der Waals surface area (Å²) in [6.07, 6.45) is 72.9. The Morgan fingerprint density at radius 2 is 0.588 bits per heavy atom. The number of allylic oxidation sites excluding steroid dienone is 14. The van der Waals surface area contributed by atoms with Crippen LogP contribution in [0.5, 0.6) is 0 Å². The van der Waals surface area contributed by atoms with Crippen LogP contribution >= 0.6 is 0 Å². The summed E-state index contributed by atoms with van der Waals surface area (Å²) in [7, 11) is 0. The molecule has 1 unspecified atom stereocenters. The van der Waals surface area contributed by atoms with Crippen molar-refractivity contribution in [1.82, 2.24) is 0 Å². The van der Waals surface area contributed by atoms with Crippen LogP contribution in [0.2, 0.25) is 0 Å². The van der Waals surface area contributed by atoms with Gasteiger partial charge in [-0.1, -0.05) is 247 Å². The van der Waals surface area contributed by atoms with Crippen LogP contribution in [0, 0.1) is 0 Å². The Balaban J connectivity index is 4.43. The summed E-state index contributed by atoms with van der Waals surface area (Å²) in [5.41, 5.74) is 0. The molecule has 0 heterocycles. The first-order valence-electron chi connectivity index (χ1n) is 28.7. The molecule has 1 atom stereocenters. The molecule has 0 fully saturated rings. The van der Waals surface area contributed by atoms with Crippen molar-refractivity contribution in [3.8, 4) is 0 Å². The molecule has 0 aromatic rings. The van der Waals surface area contributed by atoms with Crippen LogP contribution in [0.1, 0.15) is 271 Å². The zero-order valence-electron chi connectivity index (χ0n) is 44.6. The molecule has 6 heteroatoms. The minimum Gasteiger partial charge on any atom is -0.462 e. The third kappa shape index (κ3) is 53.5. The lowest BCUT2D eigenvalue weighted by atomic mass is 10.1. The summed E-state index contributed by atoms with van der Waals surface area (Å²) >= 11 is 0. The average Bonchev–Trinajstić information content (AvgIpc) is 3.34. The minimum atomic E-state index is -0.803. The fraction of sp³-hybridized carbons (Fsp3) is 0.726. The van der Waals surface area contributed by atoms with Crippen LogP contribution in [0.25, 0.3) is 0 Å². The van der Waals surface area contributed by atoms with Gasteiger partial charge in [0.05, 0.1) is 0 Å². The number of esters is 3. The first-order chi connectivity index (χ1) is 33.5. The SMILES string of the molecule is CC\C=C/C=C\C=C/C=C\CCCCCC(=O)OCC(COC(=O)CCCCCCCCC/C=C\CCCCCCCCCC)OC(=O)CCCCCCC/C=C\C=C/CCCCCCCCC. The fourth-order valence-corrected chi connectivity index (χ4v) is 7.91. The molecule has 0 saturated heterocycles. The third-order valence-corrected chi connectivity index (χ3v) is 12.2. The molecule has 0 bridgehead atoms. The Hall–Kier alpha value is -3.41. The molecule has 390 valence electrons. The average molecular weight is 948 g/mol. The molecule has 0 rings (SSSR count). The zero-order valence-corrected chi connectivity index (χ0v) is 44.6. The molecule has 0 saturated carbocycles. The molecule has 0 aliphatic rings. The van der Waals surface area contributed by atoms with Gasteiger partial charge in [0.2, 0.25) is 0 Å². The first kappa shape index (κ1) is 64.6. The van der Waals surface area contributed by atoms with Crippen LogP contribution in [0.15, 0.2) is 85.1 Å². The Morgan fingerprint density at radius 1 is 0.309 bits per heavy atom. The van der Waals surface area contributed by atoms with Gasteiger partial charge in [0, 0.05) is 19.3 Å². The lowest BCUT2D eigenvalue weighted by Crippen LogP contribution is -2.30. The van der Waals surface area contributed by atoms with E-state index in [1.807, 2.05) is 30.4 Å². The molecule has 0 aliphatic carbocycles. The molecular weight excluding hydrogens is 841 g/mol. The molecule has 0 radical (unpaired) electrons. The summed E-state index contributed by atoms with van der Waals surface area (Å²) in [6.45, 7) is 6.46. The number of hydrogen-bond donors (Lipinski definition) is 0. The van der Waals surface area contributed by atoms with E-state index in [4.69, 9.17) is 14.2 Å². The topological polar surface area (TPSA) is 78.9 Å². The van der Waals surface area contributed by atoms with Crippen molar-refractivity contribution in [2.24, 2.45) is 0 Å². The molecular formula is C62H106O6. The van der Waals surface area contributed by atoms with Crippen molar-refractivity contribution in [2.45, 2.75) is 277 Å². The largest absolute Gasteiger partial charge is 0.462 e. The maximum atomic E-state index is 12.8. The monoisotopic (exact) mass is 947 g/mol. The van der Waals surface area contributed by atoms with Gasteiger partial charge in [0.1, 0.15) is 13.2 Å². The predicted octanol–water partition coefficient (Wildman–Crippen LogP) is 19.2. The molecule has 0 aromatic heterocycles. The van der Waals surface area contributed by atoms with E-state index in [2.05, 4.69) is 75.5 Å². The molecule has 0 amide bonds. The normalized spacial score (nSPS) is 12.7. The van der Waals surface area contributed by atoms with E-state index < -0.39 is 6.10 Å². The number of rotatable bonds is 51. The summed E-state index contributed by atoms with van der Waals surface area (Å²) in [6, 6.07) is 0. The number of hydrogen-bond acceptors (Lipinski definition) is 6. The third-order valence-electron chi connectivity index (χ3n) is 12.2. The summed E-state index contributed by atoms with van der Waals surface area (Å²) < 4.78 is 16.8. The fourth-order valence-electron chi connectivity index (χ4n) is 7.91. The standard InChI is InChI=1S/C62H106O6/c1-4-7-10-13-16-19-22-25-27-29-31-33-34-37-40-43-46-49-52-55-61(64)67-58-59(57-66-60(63)54-51-48-45-42-39-36-24-21-18-15-12-9-6-3)68-62(65)56-53-50-47-44-41-38-35-32-30-28-26-23-20-17-14-11-8-5-2/h9,12,15,18,21,24,28-32,35-36,39,59H,4-8,10-11,13-14,16-17,19-20,22-23,25-27,33-34,37-38,40-58H2,1-3H3/b12-9-,18-15-,24-21-,30-28-,31-29-,35-32-,39-36-.